The maximum absolute atomic E-state index is 11.9. The average molecular weight is 334 g/mol. The molecule has 0 aromatic carbocycles. The third-order valence-corrected chi connectivity index (χ3v) is 3.29. The minimum absolute atomic E-state index is 0.140. The molecule has 0 bridgehead atoms. The van der Waals surface area contributed by atoms with Crippen molar-refractivity contribution in [3.63, 3.8) is 0 Å². The fourth-order valence-electron chi connectivity index (χ4n) is 1.48. The third-order valence-electron chi connectivity index (χ3n) is 2.52. The van der Waals surface area contributed by atoms with Crippen LogP contribution < -0.4 is 10.9 Å². The van der Waals surface area contributed by atoms with E-state index in [-0.39, 0.29) is 12.1 Å². The van der Waals surface area contributed by atoms with E-state index in [9.17, 15) is 4.79 Å². The van der Waals surface area contributed by atoms with Crippen molar-refractivity contribution >= 4 is 21.6 Å². The molecule has 7 heteroatoms. The number of rotatable bonds is 4. The standard InChI is InChI=1S/C13H12BrN5O/c1-3-4-19-13(20)12(14)11(8-18-19)17-7-10-6-15-9(2)5-16-10/h1,5-6,8,17H,4,7H2,2H3. The summed E-state index contributed by atoms with van der Waals surface area (Å²) in [7, 11) is 0. The van der Waals surface area contributed by atoms with Crippen LogP contribution in [0.25, 0.3) is 0 Å². The van der Waals surface area contributed by atoms with Gasteiger partial charge in [0.2, 0.25) is 0 Å². The van der Waals surface area contributed by atoms with E-state index in [2.05, 4.69) is 42.2 Å². The molecule has 0 atom stereocenters. The van der Waals surface area contributed by atoms with Crippen LogP contribution in [0.4, 0.5) is 5.69 Å². The predicted octanol–water partition coefficient (Wildman–Crippen LogP) is 1.35. The minimum Gasteiger partial charge on any atom is -0.377 e. The van der Waals surface area contributed by atoms with E-state index in [0.717, 1.165) is 11.4 Å². The van der Waals surface area contributed by atoms with Crippen LogP contribution >= 0.6 is 15.9 Å². The Labute approximate surface area is 124 Å². The summed E-state index contributed by atoms with van der Waals surface area (Å²) in [5.41, 5.74) is 1.94. The van der Waals surface area contributed by atoms with Crippen LogP contribution in [-0.4, -0.2) is 19.7 Å². The van der Waals surface area contributed by atoms with Crippen LogP contribution in [0.1, 0.15) is 11.4 Å². The number of anilines is 1. The first kappa shape index (κ1) is 14.2. The van der Waals surface area contributed by atoms with E-state index < -0.39 is 0 Å². The summed E-state index contributed by atoms with van der Waals surface area (Å²) in [6.07, 6.45) is 10.1. The summed E-state index contributed by atoms with van der Waals surface area (Å²) in [5.74, 6) is 2.38. The molecular weight excluding hydrogens is 322 g/mol. The molecule has 0 fully saturated rings. The molecule has 0 amide bonds. The maximum atomic E-state index is 11.9. The van der Waals surface area contributed by atoms with Crippen molar-refractivity contribution in [2.75, 3.05) is 5.32 Å². The van der Waals surface area contributed by atoms with Gasteiger partial charge in [-0.2, -0.15) is 5.10 Å². The van der Waals surface area contributed by atoms with E-state index >= 15 is 0 Å². The minimum atomic E-state index is -0.275. The number of hydrogen-bond donors (Lipinski definition) is 1. The Kier molecular flexibility index (Phi) is 4.48. The summed E-state index contributed by atoms with van der Waals surface area (Å²) in [6, 6.07) is 0. The summed E-state index contributed by atoms with van der Waals surface area (Å²) in [4.78, 5) is 20.3. The highest BCUT2D eigenvalue weighted by molar-refractivity contribution is 9.10. The van der Waals surface area contributed by atoms with Gasteiger partial charge in [0.25, 0.3) is 5.56 Å². The first-order valence-electron chi connectivity index (χ1n) is 5.82. The van der Waals surface area contributed by atoms with Crippen molar-refractivity contribution in [2.24, 2.45) is 0 Å². The van der Waals surface area contributed by atoms with Crippen molar-refractivity contribution in [2.45, 2.75) is 20.0 Å². The SMILES string of the molecule is C#CCn1ncc(NCc2cnc(C)cn2)c(Br)c1=O. The number of halogens is 1. The van der Waals surface area contributed by atoms with Crippen LogP contribution in [0.2, 0.25) is 0 Å². The first-order chi connectivity index (χ1) is 9.61. The van der Waals surface area contributed by atoms with E-state index in [1.165, 1.54) is 4.68 Å². The molecule has 0 aliphatic heterocycles. The fraction of sp³-hybridized carbons (Fsp3) is 0.231. The quantitative estimate of drug-likeness (QED) is 0.855. The summed E-state index contributed by atoms with van der Waals surface area (Å²) in [5, 5.41) is 7.07. The van der Waals surface area contributed by atoms with Crippen molar-refractivity contribution in [3.8, 4) is 12.3 Å². The summed E-state index contributed by atoms with van der Waals surface area (Å²) >= 11 is 3.25. The largest absolute Gasteiger partial charge is 0.377 e. The molecule has 20 heavy (non-hydrogen) atoms. The Bertz CT molecular complexity index is 702. The monoisotopic (exact) mass is 333 g/mol. The maximum Gasteiger partial charge on any atom is 0.284 e. The number of nitrogens with one attached hydrogen (secondary N) is 1. The molecule has 0 saturated carbocycles. The topological polar surface area (TPSA) is 72.7 Å². The summed E-state index contributed by atoms with van der Waals surface area (Å²) in [6.45, 7) is 2.46. The molecule has 0 aliphatic carbocycles. The predicted molar refractivity (Wildman–Crippen MR) is 79.1 cm³/mol. The molecule has 1 N–H and O–H groups in total. The highest BCUT2D eigenvalue weighted by Gasteiger charge is 2.08. The van der Waals surface area contributed by atoms with E-state index in [4.69, 9.17) is 6.42 Å². The van der Waals surface area contributed by atoms with Crippen molar-refractivity contribution in [3.05, 3.63) is 44.8 Å². The zero-order valence-electron chi connectivity index (χ0n) is 10.8. The summed E-state index contributed by atoms with van der Waals surface area (Å²) < 4.78 is 1.60. The molecule has 102 valence electrons. The molecule has 0 saturated heterocycles. The zero-order chi connectivity index (χ0) is 14.5. The van der Waals surface area contributed by atoms with Gasteiger partial charge in [-0.05, 0) is 22.9 Å². The molecule has 0 unspecified atom stereocenters. The van der Waals surface area contributed by atoms with Crippen LogP contribution in [0, 0.1) is 19.3 Å². The highest BCUT2D eigenvalue weighted by Crippen LogP contribution is 2.16. The van der Waals surface area contributed by atoms with Crippen LogP contribution in [-0.2, 0) is 13.1 Å². The molecule has 2 heterocycles. The lowest BCUT2D eigenvalue weighted by atomic mass is 10.4. The normalized spacial score (nSPS) is 10.1. The number of hydrogen-bond acceptors (Lipinski definition) is 5. The third kappa shape index (κ3) is 3.22. The second-order valence-electron chi connectivity index (χ2n) is 4.04. The first-order valence-corrected chi connectivity index (χ1v) is 6.61. The van der Waals surface area contributed by atoms with Gasteiger partial charge >= 0.3 is 0 Å². The fourth-order valence-corrected chi connectivity index (χ4v) is 1.93. The van der Waals surface area contributed by atoms with Gasteiger partial charge in [0.15, 0.2) is 0 Å². The van der Waals surface area contributed by atoms with Gasteiger partial charge in [-0.25, -0.2) is 4.68 Å². The Morgan fingerprint density at radius 3 is 2.85 bits per heavy atom. The van der Waals surface area contributed by atoms with Gasteiger partial charge in [0.05, 0.1) is 36.0 Å². The lowest BCUT2D eigenvalue weighted by molar-refractivity contribution is 0.659. The van der Waals surface area contributed by atoms with Gasteiger partial charge in [-0.3, -0.25) is 14.8 Å². The number of aryl methyl sites for hydroxylation is 1. The van der Waals surface area contributed by atoms with E-state index in [1.54, 1.807) is 18.6 Å². The van der Waals surface area contributed by atoms with Crippen molar-refractivity contribution < 1.29 is 0 Å². The second-order valence-corrected chi connectivity index (χ2v) is 4.83. The van der Waals surface area contributed by atoms with E-state index in [1.807, 2.05) is 6.92 Å². The molecule has 2 rings (SSSR count). The van der Waals surface area contributed by atoms with Crippen LogP contribution in [0.15, 0.2) is 27.9 Å². The van der Waals surface area contributed by atoms with Gasteiger partial charge in [-0.15, -0.1) is 6.42 Å². The lowest BCUT2D eigenvalue weighted by Gasteiger charge is -2.08. The Morgan fingerprint density at radius 1 is 1.40 bits per heavy atom. The second kappa shape index (κ2) is 6.30. The molecule has 0 aliphatic rings. The molecular formula is C13H12BrN5O. The molecule has 6 nitrogen and oxygen atoms in total. The van der Waals surface area contributed by atoms with Gasteiger partial charge in [-0.1, -0.05) is 5.92 Å². The molecule has 0 radical (unpaired) electrons. The zero-order valence-corrected chi connectivity index (χ0v) is 12.4. The molecule has 2 aromatic heterocycles. The lowest BCUT2D eigenvalue weighted by Crippen LogP contribution is -2.24. The Balaban J connectivity index is 2.14. The van der Waals surface area contributed by atoms with Crippen LogP contribution in [0.5, 0.6) is 0 Å². The molecule has 0 spiro atoms. The highest BCUT2D eigenvalue weighted by atomic mass is 79.9. The van der Waals surface area contributed by atoms with Crippen LogP contribution in [0.3, 0.4) is 0 Å². The van der Waals surface area contributed by atoms with Gasteiger partial charge < -0.3 is 5.32 Å². The van der Waals surface area contributed by atoms with Gasteiger partial charge in [0.1, 0.15) is 11.0 Å². The van der Waals surface area contributed by atoms with Gasteiger partial charge in [0, 0.05) is 6.20 Å². The number of terminal acetylenes is 1. The smallest absolute Gasteiger partial charge is 0.284 e. The number of nitrogens with zero attached hydrogens (tertiary/aromatic N) is 4. The number of aromatic nitrogens is 4. The Hall–Kier alpha value is -2.20. The van der Waals surface area contributed by atoms with Crippen molar-refractivity contribution in [1.29, 1.82) is 0 Å². The van der Waals surface area contributed by atoms with Crippen molar-refractivity contribution in [1.82, 2.24) is 19.7 Å². The average Bonchev–Trinajstić information content (AvgIpc) is 2.45. The molecule has 2 aromatic rings. The van der Waals surface area contributed by atoms with E-state index in [0.29, 0.717) is 16.7 Å². The Morgan fingerprint density at radius 2 is 2.20 bits per heavy atom.